The van der Waals surface area contributed by atoms with Gasteiger partial charge in [-0.3, -0.25) is 0 Å². The zero-order valence-electron chi connectivity index (χ0n) is 10.3. The Kier molecular flexibility index (Phi) is 3.13. The van der Waals surface area contributed by atoms with Gasteiger partial charge >= 0.3 is 5.97 Å². The Labute approximate surface area is 106 Å². The van der Waals surface area contributed by atoms with Crippen LogP contribution in [0.4, 0.5) is 0 Å². The second-order valence-electron chi connectivity index (χ2n) is 5.25. The fourth-order valence-electron chi connectivity index (χ4n) is 2.31. The summed E-state index contributed by atoms with van der Waals surface area (Å²) < 4.78 is 4.80. The van der Waals surface area contributed by atoms with Crippen LogP contribution in [0.5, 0.6) is 0 Å². The number of fused-ring (bicyclic) bond motifs is 1. The predicted molar refractivity (Wildman–Crippen MR) is 66.4 cm³/mol. The van der Waals surface area contributed by atoms with Gasteiger partial charge in [0.2, 0.25) is 0 Å². The first-order valence-corrected chi connectivity index (χ1v) is 6.07. The largest absolute Gasteiger partial charge is 0.465 e. The third kappa shape index (κ3) is 2.44. The molecular formula is C13H16ClNO2. The van der Waals surface area contributed by atoms with Gasteiger partial charge in [0.25, 0.3) is 0 Å². The number of rotatable bonds is 1. The van der Waals surface area contributed by atoms with Crippen LogP contribution in [0.1, 0.15) is 41.9 Å². The van der Waals surface area contributed by atoms with Crippen molar-refractivity contribution in [3.8, 4) is 0 Å². The van der Waals surface area contributed by atoms with Gasteiger partial charge in [-0.05, 0) is 36.3 Å². The summed E-state index contributed by atoms with van der Waals surface area (Å²) in [6.45, 7) is 4.40. The van der Waals surface area contributed by atoms with E-state index in [1.807, 2.05) is 0 Å². The van der Waals surface area contributed by atoms with Crippen molar-refractivity contribution in [2.75, 3.05) is 7.11 Å². The molecule has 0 aromatic carbocycles. The number of aryl methyl sites for hydroxylation is 1. The number of hydrogen-bond acceptors (Lipinski definition) is 3. The average molecular weight is 254 g/mol. The van der Waals surface area contributed by atoms with Gasteiger partial charge in [-0.1, -0.05) is 25.4 Å². The quantitative estimate of drug-likeness (QED) is 0.570. The maximum absolute atomic E-state index is 11.7. The van der Waals surface area contributed by atoms with E-state index in [-0.39, 0.29) is 11.4 Å². The van der Waals surface area contributed by atoms with Crippen molar-refractivity contribution in [3.05, 3.63) is 28.0 Å². The van der Waals surface area contributed by atoms with Crippen molar-refractivity contribution in [2.24, 2.45) is 5.41 Å². The van der Waals surface area contributed by atoms with E-state index in [1.54, 1.807) is 6.07 Å². The van der Waals surface area contributed by atoms with Gasteiger partial charge in [0.1, 0.15) is 5.15 Å². The van der Waals surface area contributed by atoms with Crippen LogP contribution in [-0.2, 0) is 17.6 Å². The normalized spacial score (nSPS) is 17.4. The summed E-state index contributed by atoms with van der Waals surface area (Å²) in [6.07, 6.45) is 2.78. The topological polar surface area (TPSA) is 39.2 Å². The van der Waals surface area contributed by atoms with E-state index >= 15 is 0 Å². The summed E-state index contributed by atoms with van der Waals surface area (Å²) >= 11 is 5.94. The summed E-state index contributed by atoms with van der Waals surface area (Å²) in [5.74, 6) is -0.330. The summed E-state index contributed by atoms with van der Waals surface area (Å²) in [4.78, 5) is 16.1. The van der Waals surface area contributed by atoms with E-state index in [4.69, 9.17) is 16.3 Å². The standard InChI is InChI=1S/C13H16ClNO2/c1-13(2)5-4-10-9(7-13)8(12(16)17-3)6-11(14)15-10/h6H,4-5,7H2,1-3H3. The predicted octanol–water partition coefficient (Wildman–Crippen LogP) is 3.04. The molecule has 17 heavy (non-hydrogen) atoms. The van der Waals surface area contributed by atoms with Crippen LogP contribution in [0.3, 0.4) is 0 Å². The third-order valence-electron chi connectivity index (χ3n) is 3.28. The summed E-state index contributed by atoms with van der Waals surface area (Å²) in [7, 11) is 1.39. The molecule has 0 aliphatic heterocycles. The molecule has 1 aliphatic rings. The van der Waals surface area contributed by atoms with Crippen molar-refractivity contribution in [1.29, 1.82) is 0 Å². The lowest BCUT2D eigenvalue weighted by Gasteiger charge is -2.31. The second kappa shape index (κ2) is 4.30. The Morgan fingerprint density at radius 1 is 1.53 bits per heavy atom. The van der Waals surface area contributed by atoms with Crippen LogP contribution < -0.4 is 0 Å². The molecule has 0 bridgehead atoms. The minimum absolute atomic E-state index is 0.200. The molecule has 2 rings (SSSR count). The number of halogens is 1. The summed E-state index contributed by atoms with van der Waals surface area (Å²) in [6, 6.07) is 1.60. The van der Waals surface area contributed by atoms with Crippen molar-refractivity contribution in [2.45, 2.75) is 33.1 Å². The first-order chi connectivity index (χ1) is 7.93. The molecule has 1 aromatic rings. The molecule has 0 amide bonds. The lowest BCUT2D eigenvalue weighted by atomic mass is 9.75. The third-order valence-corrected chi connectivity index (χ3v) is 3.47. The Morgan fingerprint density at radius 3 is 2.88 bits per heavy atom. The molecule has 92 valence electrons. The second-order valence-corrected chi connectivity index (χ2v) is 5.64. The molecular weight excluding hydrogens is 238 g/mol. The zero-order valence-corrected chi connectivity index (χ0v) is 11.1. The van der Waals surface area contributed by atoms with Gasteiger partial charge in [-0.2, -0.15) is 0 Å². The van der Waals surface area contributed by atoms with E-state index in [2.05, 4.69) is 18.8 Å². The highest BCUT2D eigenvalue weighted by atomic mass is 35.5. The lowest BCUT2D eigenvalue weighted by molar-refractivity contribution is 0.0598. The SMILES string of the molecule is COC(=O)c1cc(Cl)nc2c1CC(C)(C)CC2. The van der Waals surface area contributed by atoms with Crippen molar-refractivity contribution < 1.29 is 9.53 Å². The zero-order chi connectivity index (χ0) is 12.6. The number of nitrogens with zero attached hydrogens (tertiary/aromatic N) is 1. The highest BCUT2D eigenvalue weighted by molar-refractivity contribution is 6.29. The number of carbonyl (C=O) groups excluding carboxylic acids is 1. The molecule has 0 spiro atoms. The van der Waals surface area contributed by atoms with Gasteiger partial charge in [0, 0.05) is 5.69 Å². The molecule has 0 saturated heterocycles. The minimum Gasteiger partial charge on any atom is -0.465 e. The Morgan fingerprint density at radius 2 is 2.24 bits per heavy atom. The Hall–Kier alpha value is -1.09. The van der Waals surface area contributed by atoms with Crippen molar-refractivity contribution >= 4 is 17.6 Å². The number of ether oxygens (including phenoxy) is 1. The first kappa shape index (κ1) is 12.4. The molecule has 1 aliphatic carbocycles. The molecule has 0 N–H and O–H groups in total. The molecule has 4 heteroatoms. The summed E-state index contributed by atoms with van der Waals surface area (Å²) in [5, 5.41) is 0.365. The Bertz CT molecular complexity index is 469. The number of esters is 1. The van der Waals surface area contributed by atoms with Gasteiger partial charge in [0.15, 0.2) is 0 Å². The van der Waals surface area contributed by atoms with E-state index in [9.17, 15) is 4.79 Å². The van der Waals surface area contributed by atoms with Crippen molar-refractivity contribution in [1.82, 2.24) is 4.98 Å². The number of hydrogen-bond donors (Lipinski definition) is 0. The fraction of sp³-hybridized carbons (Fsp3) is 0.538. The van der Waals surface area contributed by atoms with Crippen LogP contribution in [0.15, 0.2) is 6.07 Å². The molecule has 1 heterocycles. The number of aromatic nitrogens is 1. The van der Waals surface area contributed by atoms with Crippen molar-refractivity contribution in [3.63, 3.8) is 0 Å². The molecule has 3 nitrogen and oxygen atoms in total. The Balaban J connectivity index is 2.53. The van der Waals surface area contributed by atoms with Crippen LogP contribution >= 0.6 is 11.6 Å². The molecule has 0 atom stereocenters. The fourth-order valence-corrected chi connectivity index (χ4v) is 2.52. The number of pyridine rings is 1. The van der Waals surface area contributed by atoms with Crippen LogP contribution in [-0.4, -0.2) is 18.1 Å². The van der Waals surface area contributed by atoms with Crippen LogP contribution in [0.2, 0.25) is 5.15 Å². The van der Waals surface area contributed by atoms with Gasteiger partial charge in [-0.25, -0.2) is 9.78 Å². The van der Waals surface area contributed by atoms with Gasteiger partial charge in [0.05, 0.1) is 12.7 Å². The van der Waals surface area contributed by atoms with E-state index in [0.29, 0.717) is 10.7 Å². The molecule has 0 saturated carbocycles. The van der Waals surface area contributed by atoms with Crippen LogP contribution in [0, 0.1) is 5.41 Å². The molecule has 0 fully saturated rings. The number of methoxy groups -OCH3 is 1. The van der Waals surface area contributed by atoms with E-state index in [1.165, 1.54) is 7.11 Å². The molecule has 1 aromatic heterocycles. The maximum Gasteiger partial charge on any atom is 0.338 e. The first-order valence-electron chi connectivity index (χ1n) is 5.69. The lowest BCUT2D eigenvalue weighted by Crippen LogP contribution is -2.25. The summed E-state index contributed by atoms with van der Waals surface area (Å²) in [5.41, 5.74) is 2.70. The highest BCUT2D eigenvalue weighted by Gasteiger charge is 2.30. The van der Waals surface area contributed by atoms with Gasteiger partial charge < -0.3 is 4.74 Å². The molecule has 0 radical (unpaired) electrons. The average Bonchev–Trinajstić information content (AvgIpc) is 2.27. The molecule has 0 unspecified atom stereocenters. The highest BCUT2D eigenvalue weighted by Crippen LogP contribution is 2.36. The minimum atomic E-state index is -0.330. The van der Waals surface area contributed by atoms with Crippen LogP contribution in [0.25, 0.3) is 0 Å². The van der Waals surface area contributed by atoms with E-state index in [0.717, 1.165) is 30.5 Å². The monoisotopic (exact) mass is 253 g/mol. The van der Waals surface area contributed by atoms with Gasteiger partial charge in [-0.15, -0.1) is 0 Å². The maximum atomic E-state index is 11.7. The number of carbonyl (C=O) groups is 1. The smallest absolute Gasteiger partial charge is 0.338 e. The van der Waals surface area contributed by atoms with E-state index < -0.39 is 0 Å².